The minimum absolute atomic E-state index is 0.0576. The fourth-order valence-electron chi connectivity index (χ4n) is 4.70. The highest BCUT2D eigenvalue weighted by atomic mass is 35.5. The van der Waals surface area contributed by atoms with Crippen LogP contribution in [0.25, 0.3) is 11.5 Å². The Hall–Kier alpha value is -2.45. The van der Waals surface area contributed by atoms with E-state index in [4.69, 9.17) is 11.6 Å². The number of aryl methyl sites for hydroxylation is 1. The van der Waals surface area contributed by atoms with Crippen LogP contribution in [0, 0.1) is 13.8 Å². The summed E-state index contributed by atoms with van der Waals surface area (Å²) in [5.74, 6) is -3.58. The number of halogens is 7. The van der Waals surface area contributed by atoms with Gasteiger partial charge in [0.05, 0.1) is 0 Å². The van der Waals surface area contributed by atoms with Crippen LogP contribution < -0.4 is 5.32 Å². The summed E-state index contributed by atoms with van der Waals surface area (Å²) in [6.07, 6.45) is -1.55. The van der Waals surface area contributed by atoms with Crippen LogP contribution >= 0.6 is 11.6 Å². The minimum atomic E-state index is -4.84. The molecular formula is C30H37ClF6N2. The van der Waals surface area contributed by atoms with Gasteiger partial charge >= 0.3 is 12.2 Å². The van der Waals surface area contributed by atoms with Crippen LogP contribution in [0.3, 0.4) is 0 Å². The van der Waals surface area contributed by atoms with E-state index in [1.807, 2.05) is 13.8 Å². The third-order valence-electron chi connectivity index (χ3n) is 7.21. The number of nitrogens with zero attached hydrogens (tertiary/aromatic N) is 1. The first-order valence-corrected chi connectivity index (χ1v) is 13.4. The normalized spacial score (nSPS) is 15.7. The van der Waals surface area contributed by atoms with Crippen LogP contribution in [0.5, 0.6) is 0 Å². The van der Waals surface area contributed by atoms with Crippen molar-refractivity contribution in [3.05, 3.63) is 81.4 Å². The van der Waals surface area contributed by atoms with Crippen molar-refractivity contribution in [2.75, 3.05) is 14.1 Å². The van der Waals surface area contributed by atoms with Crippen molar-refractivity contribution < 1.29 is 26.3 Å². The molecule has 0 aliphatic heterocycles. The Morgan fingerprint density at radius 3 is 2.18 bits per heavy atom. The zero-order valence-corrected chi connectivity index (χ0v) is 24.0. The predicted molar refractivity (Wildman–Crippen MR) is 149 cm³/mol. The van der Waals surface area contributed by atoms with Gasteiger partial charge in [0.1, 0.15) is 11.7 Å². The molecule has 0 amide bonds. The molecule has 9 heteroatoms. The quantitative estimate of drug-likeness (QED) is 0.249. The van der Waals surface area contributed by atoms with Gasteiger partial charge in [-0.1, -0.05) is 63.1 Å². The van der Waals surface area contributed by atoms with Gasteiger partial charge in [-0.05, 0) is 68.6 Å². The molecular weight excluding hydrogens is 538 g/mol. The lowest BCUT2D eigenvalue weighted by molar-refractivity contribution is -0.160. The van der Waals surface area contributed by atoms with Crippen molar-refractivity contribution in [2.45, 2.75) is 77.6 Å². The van der Waals surface area contributed by atoms with Gasteiger partial charge in [-0.2, -0.15) is 22.0 Å². The van der Waals surface area contributed by atoms with E-state index in [0.717, 1.165) is 29.9 Å². The highest BCUT2D eigenvalue weighted by Crippen LogP contribution is 2.43. The third kappa shape index (κ3) is 7.40. The molecule has 0 bridgehead atoms. The number of benzene rings is 2. The molecule has 39 heavy (non-hydrogen) atoms. The van der Waals surface area contributed by atoms with Gasteiger partial charge in [-0.3, -0.25) is 0 Å². The first kappa shape index (κ1) is 32.8. The van der Waals surface area contributed by atoms with Crippen LogP contribution in [0.2, 0.25) is 5.02 Å². The molecule has 2 nitrogen and oxygen atoms in total. The summed E-state index contributed by atoms with van der Waals surface area (Å²) in [7, 11) is 2.83. The maximum absolute atomic E-state index is 15.8. The minimum Gasteiger partial charge on any atom is -0.388 e. The van der Waals surface area contributed by atoms with E-state index in [1.54, 1.807) is 13.8 Å². The lowest BCUT2D eigenvalue weighted by Gasteiger charge is -2.34. The molecule has 0 spiro atoms. The van der Waals surface area contributed by atoms with Crippen LogP contribution in [-0.2, 0) is 6.05 Å². The predicted octanol–water partition coefficient (Wildman–Crippen LogP) is 9.75. The fourth-order valence-corrected chi connectivity index (χ4v) is 4.97. The van der Waals surface area contributed by atoms with E-state index in [0.29, 0.717) is 30.0 Å². The monoisotopic (exact) mass is 574 g/mol. The van der Waals surface area contributed by atoms with Gasteiger partial charge in [-0.25, -0.2) is 9.29 Å². The average Bonchev–Trinajstić information content (AvgIpc) is 3.44. The number of hydrogen-bond donors (Lipinski definition) is 1. The molecule has 0 saturated heterocycles. The number of nitrogens with one attached hydrogen (secondary N) is 1. The maximum Gasteiger partial charge on any atom is 0.399 e. The van der Waals surface area contributed by atoms with Gasteiger partial charge in [0.2, 0.25) is 0 Å². The highest BCUT2D eigenvalue weighted by Gasteiger charge is 2.44. The Morgan fingerprint density at radius 1 is 1.08 bits per heavy atom. The van der Waals surface area contributed by atoms with E-state index in [1.165, 1.54) is 32.3 Å². The Morgan fingerprint density at radius 2 is 1.67 bits per heavy atom. The zero-order valence-electron chi connectivity index (χ0n) is 23.2. The summed E-state index contributed by atoms with van der Waals surface area (Å²) in [4.78, 5) is 0.961. The Labute approximate surface area is 232 Å². The van der Waals surface area contributed by atoms with Gasteiger partial charge in [0, 0.05) is 40.5 Å². The second-order valence-electron chi connectivity index (χ2n) is 9.56. The van der Waals surface area contributed by atoms with Gasteiger partial charge in [0.25, 0.3) is 0 Å². The molecule has 0 heterocycles. The van der Waals surface area contributed by atoms with Crippen molar-refractivity contribution in [3.8, 4) is 0 Å². The van der Waals surface area contributed by atoms with Crippen LogP contribution in [0.15, 0.2) is 43.0 Å². The molecule has 1 aliphatic carbocycles. The number of allylic oxidation sites excluding steroid dienone is 1. The van der Waals surface area contributed by atoms with Crippen molar-refractivity contribution in [1.82, 2.24) is 10.2 Å². The smallest absolute Gasteiger partial charge is 0.388 e. The SMILES string of the molecule is C=C(NC)c1ccc(/C(F)=C/C(c2cc(C)c(C)c(Cl)c2)C(F)(F)F)cc1C(F)(F)N(C)C1CCCC1.CC. The molecule has 216 valence electrons. The molecule has 1 N–H and O–H groups in total. The molecule has 1 fully saturated rings. The Bertz CT molecular complexity index is 1160. The second-order valence-corrected chi connectivity index (χ2v) is 9.97. The van der Waals surface area contributed by atoms with E-state index in [2.05, 4.69) is 11.9 Å². The third-order valence-corrected chi connectivity index (χ3v) is 7.61. The number of alkyl halides is 5. The molecule has 3 rings (SSSR count). The number of rotatable bonds is 8. The van der Waals surface area contributed by atoms with E-state index in [-0.39, 0.29) is 33.5 Å². The van der Waals surface area contributed by atoms with Crippen LogP contribution in [0.1, 0.15) is 78.8 Å². The lowest BCUT2D eigenvalue weighted by Crippen LogP contribution is -2.43. The molecule has 0 radical (unpaired) electrons. The summed E-state index contributed by atoms with van der Waals surface area (Å²) in [5, 5.41) is 2.85. The van der Waals surface area contributed by atoms with E-state index in [9.17, 15) is 13.2 Å². The van der Waals surface area contributed by atoms with Gasteiger partial charge in [-0.15, -0.1) is 0 Å². The summed E-state index contributed by atoms with van der Waals surface area (Å²) in [6, 6.07) is 1.93. The zero-order chi connectivity index (χ0) is 29.7. The average molecular weight is 575 g/mol. The summed E-state index contributed by atoms with van der Waals surface area (Å²) in [5.41, 5.74) is 0.242. The maximum atomic E-state index is 15.8. The van der Waals surface area contributed by atoms with Crippen molar-refractivity contribution in [3.63, 3.8) is 0 Å². The highest BCUT2D eigenvalue weighted by molar-refractivity contribution is 6.31. The number of hydrogen-bond acceptors (Lipinski definition) is 2. The molecule has 1 atom stereocenters. The van der Waals surface area contributed by atoms with Crippen LogP contribution in [0.4, 0.5) is 26.3 Å². The second kappa shape index (κ2) is 13.3. The van der Waals surface area contributed by atoms with E-state index >= 15 is 13.2 Å². The first-order chi connectivity index (χ1) is 18.2. The molecule has 1 saturated carbocycles. The topological polar surface area (TPSA) is 15.3 Å². The fraction of sp³-hybridized carbons (Fsp3) is 0.467. The van der Waals surface area contributed by atoms with Crippen molar-refractivity contribution >= 4 is 23.1 Å². The van der Waals surface area contributed by atoms with Crippen molar-refractivity contribution in [1.29, 1.82) is 0 Å². The molecule has 0 aromatic heterocycles. The largest absolute Gasteiger partial charge is 0.399 e. The van der Waals surface area contributed by atoms with Crippen molar-refractivity contribution in [2.24, 2.45) is 0 Å². The Kier molecular flexibility index (Phi) is 11.1. The first-order valence-electron chi connectivity index (χ1n) is 13.0. The lowest BCUT2D eigenvalue weighted by atomic mass is 9.92. The summed E-state index contributed by atoms with van der Waals surface area (Å²) < 4.78 is 89.0. The molecule has 1 unspecified atom stereocenters. The standard InChI is InChI=1S/C28H31ClF6N2.C2H6/c1-16-12-20(14-25(29)17(16)2)23(27(31,32)33)15-26(30)19-10-11-22(18(3)36-4)24(13-19)28(34,35)37(5)21-8-6-7-9-21;1-2/h10-15,21,23,36H,3,6-9H2,1-2,4-5H3;1-2H3/b26-15-;. The summed E-state index contributed by atoms with van der Waals surface area (Å²) in [6.45, 7) is 11.0. The van der Waals surface area contributed by atoms with Gasteiger partial charge < -0.3 is 5.32 Å². The molecule has 2 aromatic rings. The van der Waals surface area contributed by atoms with Crippen LogP contribution in [-0.4, -0.2) is 31.2 Å². The van der Waals surface area contributed by atoms with Gasteiger partial charge in [0.15, 0.2) is 0 Å². The molecule has 2 aromatic carbocycles. The summed E-state index contributed by atoms with van der Waals surface area (Å²) >= 11 is 6.10. The Balaban J connectivity index is 0.00000260. The van der Waals surface area contributed by atoms with E-state index < -0.39 is 29.5 Å². The molecule has 1 aliphatic rings.